The molecule has 2 N–H and O–H groups in total. The van der Waals surface area contributed by atoms with Crippen molar-refractivity contribution in [1.29, 1.82) is 0 Å². The number of rotatable bonds is 6. The van der Waals surface area contributed by atoms with Gasteiger partial charge in [-0.25, -0.2) is 0 Å². The van der Waals surface area contributed by atoms with Gasteiger partial charge in [0.15, 0.2) is 0 Å². The highest BCUT2D eigenvalue weighted by molar-refractivity contribution is 5.96. The van der Waals surface area contributed by atoms with Gasteiger partial charge in [0.2, 0.25) is 5.91 Å². The lowest BCUT2D eigenvalue weighted by Gasteiger charge is -2.26. The maximum atomic E-state index is 12.8. The second-order valence-corrected chi connectivity index (χ2v) is 7.56. The Hall–Kier alpha value is -2.08. The molecule has 26 heavy (non-hydrogen) atoms. The summed E-state index contributed by atoms with van der Waals surface area (Å²) in [6.07, 6.45) is 4.26. The number of nitrogens with one attached hydrogen (secondary N) is 1. The number of likely N-dealkylation sites (tertiary alicyclic amines) is 1. The van der Waals surface area contributed by atoms with E-state index in [2.05, 4.69) is 10.2 Å². The van der Waals surface area contributed by atoms with Gasteiger partial charge in [-0.2, -0.15) is 0 Å². The molecule has 1 saturated heterocycles. The lowest BCUT2D eigenvalue weighted by molar-refractivity contribution is -0.141. The van der Waals surface area contributed by atoms with Gasteiger partial charge >= 0.3 is 5.97 Å². The largest absolute Gasteiger partial charge is 0.495 e. The van der Waals surface area contributed by atoms with Crippen LogP contribution in [0.15, 0.2) is 18.2 Å². The number of carboxylic acids is 1. The fourth-order valence-corrected chi connectivity index (χ4v) is 4.27. The van der Waals surface area contributed by atoms with Crippen LogP contribution in [0.5, 0.6) is 5.75 Å². The van der Waals surface area contributed by atoms with Crippen LogP contribution in [0.2, 0.25) is 0 Å². The first-order valence-corrected chi connectivity index (χ1v) is 9.40. The Morgan fingerprint density at radius 3 is 2.81 bits per heavy atom. The van der Waals surface area contributed by atoms with Gasteiger partial charge in [-0.15, -0.1) is 0 Å². The van der Waals surface area contributed by atoms with Gasteiger partial charge in [-0.05, 0) is 69.2 Å². The van der Waals surface area contributed by atoms with Gasteiger partial charge in [0.1, 0.15) is 5.75 Å². The van der Waals surface area contributed by atoms with Crippen LogP contribution in [0, 0.1) is 18.8 Å². The van der Waals surface area contributed by atoms with Crippen molar-refractivity contribution in [3.63, 3.8) is 0 Å². The molecule has 6 heteroatoms. The molecule has 2 fully saturated rings. The Morgan fingerprint density at radius 2 is 2.12 bits per heavy atom. The van der Waals surface area contributed by atoms with Gasteiger partial charge in [0, 0.05) is 6.54 Å². The number of amides is 1. The minimum absolute atomic E-state index is 0.000758. The SMILES string of the molecule is COc1ccc(C)cc1NC(=O)C1CCCN1C[C@@H]1CC[C@H](C(=O)O)C1. The number of methoxy groups -OCH3 is 1. The second-order valence-electron chi connectivity index (χ2n) is 7.56. The molecule has 1 unspecified atom stereocenters. The number of carbonyl (C=O) groups is 2. The minimum atomic E-state index is -0.685. The molecule has 1 aliphatic carbocycles. The van der Waals surface area contributed by atoms with E-state index in [0.717, 1.165) is 50.8 Å². The molecule has 1 aliphatic heterocycles. The molecule has 1 saturated carbocycles. The molecule has 0 radical (unpaired) electrons. The first-order valence-electron chi connectivity index (χ1n) is 9.40. The number of hydrogen-bond acceptors (Lipinski definition) is 4. The summed E-state index contributed by atoms with van der Waals surface area (Å²) in [5, 5.41) is 12.2. The van der Waals surface area contributed by atoms with E-state index >= 15 is 0 Å². The maximum Gasteiger partial charge on any atom is 0.306 e. The van der Waals surface area contributed by atoms with Crippen molar-refractivity contribution in [3.8, 4) is 5.75 Å². The van der Waals surface area contributed by atoms with Crippen LogP contribution in [0.1, 0.15) is 37.7 Å². The molecule has 0 spiro atoms. The Balaban J connectivity index is 1.62. The summed E-state index contributed by atoms with van der Waals surface area (Å²) in [5.41, 5.74) is 1.77. The zero-order valence-corrected chi connectivity index (χ0v) is 15.5. The quantitative estimate of drug-likeness (QED) is 0.815. The summed E-state index contributed by atoms with van der Waals surface area (Å²) < 4.78 is 5.35. The van der Waals surface area contributed by atoms with Crippen molar-refractivity contribution >= 4 is 17.6 Å². The number of benzene rings is 1. The normalized spacial score (nSPS) is 26.0. The zero-order valence-electron chi connectivity index (χ0n) is 15.5. The summed E-state index contributed by atoms with van der Waals surface area (Å²) in [4.78, 5) is 26.2. The topological polar surface area (TPSA) is 78.9 Å². The van der Waals surface area contributed by atoms with E-state index in [-0.39, 0.29) is 17.9 Å². The van der Waals surface area contributed by atoms with E-state index < -0.39 is 5.97 Å². The number of carboxylic acid groups (broad SMARTS) is 1. The molecular weight excluding hydrogens is 332 g/mol. The predicted molar refractivity (Wildman–Crippen MR) is 99.4 cm³/mol. The summed E-state index contributed by atoms with van der Waals surface area (Å²) >= 11 is 0. The van der Waals surface area contributed by atoms with Crippen LogP contribution in [-0.2, 0) is 9.59 Å². The number of aryl methyl sites for hydroxylation is 1. The summed E-state index contributed by atoms with van der Waals surface area (Å²) in [6, 6.07) is 5.59. The number of ether oxygens (including phenoxy) is 1. The van der Waals surface area contributed by atoms with Crippen molar-refractivity contribution in [1.82, 2.24) is 4.90 Å². The molecule has 1 aromatic carbocycles. The fourth-order valence-electron chi connectivity index (χ4n) is 4.27. The summed E-state index contributed by atoms with van der Waals surface area (Å²) in [7, 11) is 1.60. The molecule has 6 nitrogen and oxygen atoms in total. The molecule has 3 atom stereocenters. The Morgan fingerprint density at radius 1 is 1.31 bits per heavy atom. The van der Waals surface area contributed by atoms with E-state index in [1.54, 1.807) is 7.11 Å². The smallest absolute Gasteiger partial charge is 0.306 e. The average molecular weight is 360 g/mol. The van der Waals surface area contributed by atoms with Crippen molar-refractivity contribution in [2.24, 2.45) is 11.8 Å². The van der Waals surface area contributed by atoms with E-state index in [4.69, 9.17) is 4.74 Å². The van der Waals surface area contributed by atoms with Gasteiger partial charge in [-0.3, -0.25) is 14.5 Å². The number of carbonyl (C=O) groups excluding carboxylic acids is 1. The third-order valence-corrected chi connectivity index (χ3v) is 5.66. The molecule has 1 aromatic rings. The van der Waals surface area contributed by atoms with Crippen LogP contribution in [-0.4, -0.2) is 48.1 Å². The number of hydrogen-bond donors (Lipinski definition) is 2. The van der Waals surface area contributed by atoms with Crippen LogP contribution in [0.3, 0.4) is 0 Å². The van der Waals surface area contributed by atoms with E-state index in [0.29, 0.717) is 17.4 Å². The Labute approximate surface area is 154 Å². The van der Waals surface area contributed by atoms with Crippen LogP contribution < -0.4 is 10.1 Å². The third-order valence-electron chi connectivity index (χ3n) is 5.66. The third kappa shape index (κ3) is 4.18. The standard InChI is InChI=1S/C20H28N2O4/c1-13-5-8-18(26-2)16(10-13)21-19(23)17-4-3-9-22(17)12-14-6-7-15(11-14)20(24)25/h5,8,10,14-15,17H,3-4,6-7,9,11-12H2,1-2H3,(H,21,23)(H,24,25)/t14-,15+,17?/m1/s1. The highest BCUT2D eigenvalue weighted by Gasteiger charge is 2.36. The highest BCUT2D eigenvalue weighted by atomic mass is 16.5. The maximum absolute atomic E-state index is 12.8. The molecule has 3 rings (SSSR count). The van der Waals surface area contributed by atoms with Crippen molar-refractivity contribution in [3.05, 3.63) is 23.8 Å². The molecule has 0 bridgehead atoms. The van der Waals surface area contributed by atoms with Gasteiger partial charge in [0.05, 0.1) is 24.8 Å². The number of anilines is 1. The molecule has 1 amide bonds. The highest BCUT2D eigenvalue weighted by Crippen LogP contribution is 2.33. The molecule has 2 aliphatic rings. The number of aliphatic carboxylic acids is 1. The van der Waals surface area contributed by atoms with Crippen molar-refractivity contribution in [2.45, 2.75) is 45.1 Å². The van der Waals surface area contributed by atoms with E-state index in [9.17, 15) is 14.7 Å². The molecule has 0 aromatic heterocycles. The lowest BCUT2D eigenvalue weighted by Crippen LogP contribution is -2.41. The average Bonchev–Trinajstić information content (AvgIpc) is 3.25. The van der Waals surface area contributed by atoms with Crippen molar-refractivity contribution < 1.29 is 19.4 Å². The van der Waals surface area contributed by atoms with E-state index in [1.807, 2.05) is 25.1 Å². The van der Waals surface area contributed by atoms with Crippen molar-refractivity contribution in [2.75, 3.05) is 25.5 Å². The minimum Gasteiger partial charge on any atom is -0.495 e. The van der Waals surface area contributed by atoms with Crippen LogP contribution >= 0.6 is 0 Å². The van der Waals surface area contributed by atoms with Gasteiger partial charge in [0.25, 0.3) is 0 Å². The van der Waals surface area contributed by atoms with Gasteiger partial charge in [-0.1, -0.05) is 6.07 Å². The molecule has 142 valence electrons. The lowest BCUT2D eigenvalue weighted by atomic mass is 10.0. The second kappa shape index (κ2) is 8.08. The van der Waals surface area contributed by atoms with Gasteiger partial charge < -0.3 is 15.2 Å². The summed E-state index contributed by atoms with van der Waals surface area (Å²) in [6.45, 7) is 3.69. The molecule has 1 heterocycles. The Kier molecular flexibility index (Phi) is 5.81. The van der Waals surface area contributed by atoms with Crippen LogP contribution in [0.25, 0.3) is 0 Å². The number of nitrogens with zero attached hydrogens (tertiary/aromatic N) is 1. The summed E-state index contributed by atoms with van der Waals surface area (Å²) in [5.74, 6) is 0.131. The molecular formula is C20H28N2O4. The zero-order chi connectivity index (χ0) is 18.7. The Bertz CT molecular complexity index is 676. The van der Waals surface area contributed by atoms with Crippen LogP contribution in [0.4, 0.5) is 5.69 Å². The predicted octanol–water partition coefficient (Wildman–Crippen LogP) is 2.91. The first-order chi connectivity index (χ1) is 12.5. The monoisotopic (exact) mass is 360 g/mol. The fraction of sp³-hybridized carbons (Fsp3) is 0.600. The van der Waals surface area contributed by atoms with E-state index in [1.165, 1.54) is 0 Å². The first kappa shape index (κ1) is 18.7.